The van der Waals surface area contributed by atoms with Crippen molar-refractivity contribution in [2.24, 2.45) is 0 Å². The van der Waals surface area contributed by atoms with Crippen LogP contribution in [0, 0.1) is 13.5 Å². The van der Waals surface area contributed by atoms with Crippen molar-refractivity contribution in [2.45, 2.75) is 13.6 Å². The van der Waals surface area contributed by atoms with Crippen LogP contribution >= 0.6 is 0 Å². The smallest absolute Gasteiger partial charge is 0.291 e. The zero-order valence-electron chi connectivity index (χ0n) is 7.23. The second-order valence-electron chi connectivity index (χ2n) is 2.88. The lowest BCUT2D eigenvalue weighted by Gasteiger charge is -1.93. The van der Waals surface area contributed by atoms with E-state index >= 15 is 0 Å². The average molecular weight is 172 g/mol. The van der Waals surface area contributed by atoms with Gasteiger partial charge in [0.1, 0.15) is 5.52 Å². The van der Waals surface area contributed by atoms with Crippen molar-refractivity contribution in [3.63, 3.8) is 0 Å². The van der Waals surface area contributed by atoms with Crippen LogP contribution in [0.25, 0.3) is 15.9 Å². The standard InChI is InChI=1S/C9H8N4/c1-7-3-4-8-9(5-7)13(6-10-2)12-11-8/h3-5H,6H2,1H3. The number of hydrogen-bond acceptors (Lipinski definition) is 2. The zero-order valence-corrected chi connectivity index (χ0v) is 7.23. The number of nitrogens with zero attached hydrogens (tertiary/aromatic N) is 4. The van der Waals surface area contributed by atoms with Gasteiger partial charge in [0.05, 0.1) is 5.52 Å². The first-order valence-electron chi connectivity index (χ1n) is 3.94. The fourth-order valence-electron chi connectivity index (χ4n) is 1.25. The van der Waals surface area contributed by atoms with E-state index < -0.39 is 0 Å². The van der Waals surface area contributed by atoms with Crippen molar-refractivity contribution in [1.29, 1.82) is 0 Å². The van der Waals surface area contributed by atoms with Gasteiger partial charge in [-0.05, 0) is 24.6 Å². The molecule has 13 heavy (non-hydrogen) atoms. The Kier molecular flexibility index (Phi) is 1.71. The number of aryl methyl sites for hydroxylation is 1. The molecule has 0 aliphatic heterocycles. The Morgan fingerprint density at radius 3 is 3.15 bits per heavy atom. The van der Waals surface area contributed by atoms with Gasteiger partial charge in [0.2, 0.25) is 0 Å². The van der Waals surface area contributed by atoms with Crippen molar-refractivity contribution >= 4 is 11.0 Å². The van der Waals surface area contributed by atoms with Gasteiger partial charge >= 0.3 is 6.67 Å². The van der Waals surface area contributed by atoms with Gasteiger partial charge < -0.3 is 0 Å². The van der Waals surface area contributed by atoms with E-state index in [9.17, 15) is 0 Å². The van der Waals surface area contributed by atoms with Gasteiger partial charge in [0.15, 0.2) is 0 Å². The first-order chi connectivity index (χ1) is 6.31. The molecule has 2 aromatic rings. The molecule has 1 aromatic heterocycles. The van der Waals surface area contributed by atoms with E-state index in [1.807, 2.05) is 25.1 Å². The molecule has 1 heterocycles. The van der Waals surface area contributed by atoms with Crippen molar-refractivity contribution in [2.75, 3.05) is 0 Å². The van der Waals surface area contributed by atoms with Gasteiger partial charge in [-0.3, -0.25) is 4.85 Å². The highest BCUT2D eigenvalue weighted by atomic mass is 15.4. The molecule has 0 spiro atoms. The third-order valence-electron chi connectivity index (χ3n) is 1.87. The molecule has 0 fully saturated rings. The summed E-state index contributed by atoms with van der Waals surface area (Å²) in [6.07, 6.45) is 0. The molecular weight excluding hydrogens is 164 g/mol. The molecule has 0 saturated carbocycles. The SMILES string of the molecule is [C-]#[N+]Cn1nnc2ccc(C)cc21. The summed E-state index contributed by atoms with van der Waals surface area (Å²) in [5.41, 5.74) is 2.92. The number of benzene rings is 1. The Morgan fingerprint density at radius 1 is 1.54 bits per heavy atom. The highest BCUT2D eigenvalue weighted by molar-refractivity contribution is 5.74. The van der Waals surface area contributed by atoms with Crippen molar-refractivity contribution in [3.05, 3.63) is 35.2 Å². The molecule has 0 N–H and O–H groups in total. The Morgan fingerprint density at radius 2 is 2.38 bits per heavy atom. The second-order valence-corrected chi connectivity index (χ2v) is 2.88. The maximum absolute atomic E-state index is 6.74. The number of rotatable bonds is 1. The van der Waals surface area contributed by atoms with Crippen molar-refractivity contribution in [1.82, 2.24) is 15.0 Å². The summed E-state index contributed by atoms with van der Waals surface area (Å²) < 4.78 is 1.61. The van der Waals surface area contributed by atoms with Gasteiger partial charge in [-0.15, -0.1) is 5.10 Å². The maximum atomic E-state index is 6.74. The predicted octanol–water partition coefficient (Wildman–Crippen LogP) is 1.62. The second kappa shape index (κ2) is 2.87. The fraction of sp³-hybridized carbons (Fsp3) is 0.222. The van der Waals surface area contributed by atoms with E-state index in [-0.39, 0.29) is 6.67 Å². The molecule has 0 unspecified atom stereocenters. The first-order valence-corrected chi connectivity index (χ1v) is 3.94. The van der Waals surface area contributed by atoms with E-state index in [1.54, 1.807) is 4.68 Å². The van der Waals surface area contributed by atoms with Crippen LogP contribution in [0.15, 0.2) is 18.2 Å². The minimum absolute atomic E-state index is 0.236. The lowest BCUT2D eigenvalue weighted by Crippen LogP contribution is -1.95. The molecule has 2 rings (SSSR count). The number of aromatic nitrogens is 3. The Labute approximate surface area is 75.6 Å². The Bertz CT molecular complexity index is 478. The van der Waals surface area contributed by atoms with Crippen LogP contribution in [-0.2, 0) is 6.67 Å². The lowest BCUT2D eigenvalue weighted by molar-refractivity contribution is 0.680. The lowest BCUT2D eigenvalue weighted by atomic mass is 10.2. The first kappa shape index (κ1) is 7.74. The van der Waals surface area contributed by atoms with Gasteiger partial charge in [-0.25, -0.2) is 6.57 Å². The van der Waals surface area contributed by atoms with Crippen LogP contribution in [0.2, 0.25) is 0 Å². The summed E-state index contributed by atoms with van der Waals surface area (Å²) in [6.45, 7) is 8.99. The third-order valence-corrected chi connectivity index (χ3v) is 1.87. The summed E-state index contributed by atoms with van der Waals surface area (Å²) >= 11 is 0. The van der Waals surface area contributed by atoms with Gasteiger partial charge in [0.25, 0.3) is 0 Å². The molecule has 0 atom stereocenters. The van der Waals surface area contributed by atoms with Crippen molar-refractivity contribution in [3.8, 4) is 0 Å². The average Bonchev–Trinajstić information content (AvgIpc) is 2.49. The molecule has 64 valence electrons. The van der Waals surface area contributed by atoms with Crippen LogP contribution in [0.5, 0.6) is 0 Å². The van der Waals surface area contributed by atoms with Crippen LogP contribution < -0.4 is 0 Å². The molecule has 1 aromatic carbocycles. The van der Waals surface area contributed by atoms with Gasteiger partial charge in [0, 0.05) is 0 Å². The topological polar surface area (TPSA) is 35.1 Å². The molecular formula is C9H8N4. The van der Waals surface area contributed by atoms with E-state index in [0.717, 1.165) is 16.6 Å². The van der Waals surface area contributed by atoms with E-state index in [2.05, 4.69) is 15.2 Å². The summed E-state index contributed by atoms with van der Waals surface area (Å²) in [5, 5.41) is 7.83. The highest BCUT2D eigenvalue weighted by Gasteiger charge is 2.04. The minimum Gasteiger partial charge on any atom is -0.291 e. The zero-order chi connectivity index (χ0) is 9.26. The summed E-state index contributed by atoms with van der Waals surface area (Å²) in [6, 6.07) is 5.89. The molecule has 0 radical (unpaired) electrons. The van der Waals surface area contributed by atoms with Gasteiger partial charge in [-0.1, -0.05) is 11.3 Å². The van der Waals surface area contributed by atoms with E-state index in [1.165, 1.54) is 0 Å². The maximum Gasteiger partial charge on any atom is 0.309 e. The third kappa shape index (κ3) is 1.25. The fourth-order valence-corrected chi connectivity index (χ4v) is 1.25. The molecule has 0 bridgehead atoms. The largest absolute Gasteiger partial charge is 0.309 e. The normalized spacial score (nSPS) is 10.2. The molecule has 0 amide bonds. The molecule has 0 aliphatic carbocycles. The molecule has 4 nitrogen and oxygen atoms in total. The summed E-state index contributed by atoms with van der Waals surface area (Å²) in [4.78, 5) is 3.27. The summed E-state index contributed by atoms with van der Waals surface area (Å²) in [5.74, 6) is 0. The van der Waals surface area contributed by atoms with Crippen LogP contribution in [0.1, 0.15) is 5.56 Å². The van der Waals surface area contributed by atoms with Crippen LogP contribution in [0.4, 0.5) is 0 Å². The summed E-state index contributed by atoms with van der Waals surface area (Å²) in [7, 11) is 0. The Balaban J connectivity index is 2.66. The Hall–Kier alpha value is -1.89. The highest BCUT2D eigenvalue weighted by Crippen LogP contribution is 2.12. The van der Waals surface area contributed by atoms with Gasteiger partial charge in [-0.2, -0.15) is 4.68 Å². The monoisotopic (exact) mass is 172 g/mol. The van der Waals surface area contributed by atoms with Crippen molar-refractivity contribution < 1.29 is 0 Å². The van der Waals surface area contributed by atoms with Crippen LogP contribution in [-0.4, -0.2) is 15.0 Å². The molecule has 0 aliphatic rings. The quantitative estimate of drug-likeness (QED) is 0.612. The molecule has 4 heteroatoms. The predicted molar refractivity (Wildman–Crippen MR) is 48.9 cm³/mol. The molecule has 0 saturated heterocycles. The minimum atomic E-state index is 0.236. The van der Waals surface area contributed by atoms with E-state index in [0.29, 0.717) is 0 Å². The number of fused-ring (bicyclic) bond motifs is 1. The van der Waals surface area contributed by atoms with Crippen LogP contribution in [0.3, 0.4) is 0 Å². The van der Waals surface area contributed by atoms with E-state index in [4.69, 9.17) is 6.57 Å². The number of hydrogen-bond donors (Lipinski definition) is 0.